The van der Waals surface area contributed by atoms with E-state index >= 15 is 0 Å². The molecule has 17 heteroatoms. The molecule has 0 saturated carbocycles. The lowest BCUT2D eigenvalue weighted by Gasteiger charge is -2.41. The number of ether oxygens (including phenoxy) is 9. The summed E-state index contributed by atoms with van der Waals surface area (Å²) in [7, 11) is 0. The maximum absolute atomic E-state index is 13.1. The molecule has 0 aromatic rings. The fourth-order valence-electron chi connectivity index (χ4n) is 4.57. The summed E-state index contributed by atoms with van der Waals surface area (Å²) in [5, 5.41) is 10.9. The SMILES string of the molecule is C=CC(=O)OCCCCC(=O)OC1OC[C@@H](OC(=O)CCCCOC(=O)C=C)[C@H](OC(=O)CCCCOC(=O)C=C)[C@H]1OC(O)CCCCOC(=O)C=C. The third-order valence-electron chi connectivity index (χ3n) is 7.31. The van der Waals surface area contributed by atoms with Crippen molar-refractivity contribution in [3.05, 3.63) is 50.6 Å². The maximum atomic E-state index is 13.1. The lowest BCUT2D eigenvalue weighted by Crippen LogP contribution is -2.59. The van der Waals surface area contributed by atoms with Crippen molar-refractivity contribution in [3.8, 4) is 0 Å². The summed E-state index contributed by atoms with van der Waals surface area (Å²) < 4.78 is 48.2. The van der Waals surface area contributed by atoms with Crippen LogP contribution in [0.25, 0.3) is 0 Å². The molecule has 0 amide bonds. The summed E-state index contributed by atoms with van der Waals surface area (Å²) in [5.41, 5.74) is 0. The molecule has 0 spiro atoms. The van der Waals surface area contributed by atoms with Gasteiger partial charge in [-0.05, 0) is 57.8 Å². The Morgan fingerprint density at radius 3 is 1.37 bits per heavy atom. The minimum Gasteiger partial charge on any atom is -0.463 e. The molecule has 1 heterocycles. The van der Waals surface area contributed by atoms with Crippen molar-refractivity contribution in [1.29, 1.82) is 0 Å². The number of hydrogen-bond acceptors (Lipinski definition) is 17. The van der Waals surface area contributed by atoms with Crippen LogP contribution in [0.15, 0.2) is 50.6 Å². The number of esters is 7. The fraction of sp³-hybridized carbons (Fsp3) is 0.595. The van der Waals surface area contributed by atoms with E-state index in [0.717, 1.165) is 24.3 Å². The number of unbranched alkanes of at least 4 members (excludes halogenated alkanes) is 4. The number of carbonyl (C=O) groups is 7. The van der Waals surface area contributed by atoms with E-state index < -0.39 is 79.3 Å². The number of aliphatic hydroxyl groups excluding tert-OH is 1. The van der Waals surface area contributed by atoms with Crippen LogP contribution in [0.4, 0.5) is 0 Å². The summed E-state index contributed by atoms with van der Waals surface area (Å²) in [4.78, 5) is 83.9. The van der Waals surface area contributed by atoms with Crippen molar-refractivity contribution in [3.63, 3.8) is 0 Å². The third kappa shape index (κ3) is 21.6. The molecule has 0 radical (unpaired) electrons. The number of hydrogen-bond donors (Lipinski definition) is 1. The van der Waals surface area contributed by atoms with E-state index in [1.807, 2.05) is 0 Å². The first kappa shape index (κ1) is 47.2. The van der Waals surface area contributed by atoms with E-state index in [1.165, 1.54) is 0 Å². The Kier molecular flexibility index (Phi) is 25.0. The van der Waals surface area contributed by atoms with Crippen molar-refractivity contribution < 1.29 is 81.3 Å². The molecule has 5 atom stereocenters. The molecule has 2 unspecified atom stereocenters. The first-order chi connectivity index (χ1) is 25.9. The zero-order valence-corrected chi connectivity index (χ0v) is 30.5. The van der Waals surface area contributed by atoms with Crippen molar-refractivity contribution >= 4 is 41.8 Å². The molecule has 54 heavy (non-hydrogen) atoms. The third-order valence-corrected chi connectivity index (χ3v) is 7.31. The van der Waals surface area contributed by atoms with Crippen LogP contribution in [0.3, 0.4) is 0 Å². The van der Waals surface area contributed by atoms with E-state index in [9.17, 15) is 38.7 Å². The minimum absolute atomic E-state index is 0.0111. The summed E-state index contributed by atoms with van der Waals surface area (Å²) in [6, 6.07) is 0. The minimum atomic E-state index is -1.53. The number of rotatable bonds is 29. The zero-order valence-electron chi connectivity index (χ0n) is 30.5. The zero-order chi connectivity index (χ0) is 40.1. The van der Waals surface area contributed by atoms with Crippen LogP contribution in [0.5, 0.6) is 0 Å². The van der Waals surface area contributed by atoms with Gasteiger partial charge in [-0.2, -0.15) is 0 Å². The molecule has 1 aliphatic rings. The lowest BCUT2D eigenvalue weighted by atomic mass is 10.0. The predicted octanol–water partition coefficient (Wildman–Crippen LogP) is 3.01. The maximum Gasteiger partial charge on any atom is 0.330 e. The molecule has 1 saturated heterocycles. The van der Waals surface area contributed by atoms with Gasteiger partial charge in [-0.3, -0.25) is 14.4 Å². The van der Waals surface area contributed by atoms with Crippen molar-refractivity contribution in [2.45, 2.75) is 108 Å². The molecule has 302 valence electrons. The lowest BCUT2D eigenvalue weighted by molar-refractivity contribution is -0.304. The van der Waals surface area contributed by atoms with Crippen LogP contribution in [-0.2, 0) is 76.2 Å². The Balaban J connectivity index is 3.11. The van der Waals surface area contributed by atoms with Gasteiger partial charge >= 0.3 is 41.8 Å². The van der Waals surface area contributed by atoms with Crippen LogP contribution in [0.1, 0.15) is 77.0 Å². The van der Waals surface area contributed by atoms with Crippen molar-refractivity contribution in [2.75, 3.05) is 33.0 Å². The van der Waals surface area contributed by atoms with Gasteiger partial charge in [-0.25, -0.2) is 19.2 Å². The van der Waals surface area contributed by atoms with Gasteiger partial charge in [-0.1, -0.05) is 26.3 Å². The largest absolute Gasteiger partial charge is 0.463 e. The highest BCUT2D eigenvalue weighted by atomic mass is 16.7. The van der Waals surface area contributed by atoms with E-state index in [0.29, 0.717) is 32.1 Å². The van der Waals surface area contributed by atoms with Gasteiger partial charge in [0.25, 0.3) is 0 Å². The summed E-state index contributed by atoms with van der Waals surface area (Å²) >= 11 is 0. The Hall–Kier alpha value is -4.87. The molecule has 1 N–H and O–H groups in total. The molecular weight excluding hydrogens is 716 g/mol. The van der Waals surface area contributed by atoms with Gasteiger partial charge in [0.2, 0.25) is 6.29 Å². The highest BCUT2D eigenvalue weighted by Gasteiger charge is 2.48. The van der Waals surface area contributed by atoms with Gasteiger partial charge in [0, 0.05) is 43.6 Å². The molecule has 0 aromatic carbocycles. The first-order valence-electron chi connectivity index (χ1n) is 17.6. The predicted molar refractivity (Wildman–Crippen MR) is 186 cm³/mol. The number of aliphatic hydroxyl groups is 1. The number of carbonyl (C=O) groups excluding carboxylic acids is 7. The summed E-state index contributed by atoms with van der Waals surface area (Å²) in [6.45, 7) is 13.0. The second-order valence-corrected chi connectivity index (χ2v) is 11.6. The molecule has 17 nitrogen and oxygen atoms in total. The average Bonchev–Trinajstić information content (AvgIpc) is 3.15. The Labute approximate surface area is 314 Å². The van der Waals surface area contributed by atoms with Gasteiger partial charge in [-0.15, -0.1) is 0 Å². The van der Waals surface area contributed by atoms with Crippen molar-refractivity contribution in [1.82, 2.24) is 0 Å². The normalized spacial score (nSPS) is 18.1. The quantitative estimate of drug-likeness (QED) is 0.0380. The van der Waals surface area contributed by atoms with Gasteiger partial charge in [0.05, 0.1) is 33.0 Å². The first-order valence-corrected chi connectivity index (χ1v) is 17.6. The molecule has 0 aromatic heterocycles. The van der Waals surface area contributed by atoms with E-state index in [2.05, 4.69) is 26.3 Å². The van der Waals surface area contributed by atoms with Crippen molar-refractivity contribution in [2.24, 2.45) is 0 Å². The second-order valence-electron chi connectivity index (χ2n) is 11.6. The molecular formula is C37H52O17. The van der Waals surface area contributed by atoms with Crippen LogP contribution in [0, 0.1) is 0 Å². The molecule has 1 aliphatic heterocycles. The Bertz CT molecular complexity index is 1260. The Morgan fingerprint density at radius 2 is 0.944 bits per heavy atom. The standard InChI is InChI=1S/C37H52O17/c1-5-27(38)46-21-13-9-17-31(42)51-26-25-50-37(54-34(45)20-12-16-24-49-30(41)8-4)36(53-33(44)19-11-15-23-48-29(40)7-3)35(26)52-32(43)18-10-14-22-47-28(39)6-2/h5-8,26,33,35-37,44H,1-4,9-25H2/t26-,33?,35+,36-,37?/m1/s1. The molecule has 0 bridgehead atoms. The van der Waals surface area contributed by atoms with Gasteiger partial charge < -0.3 is 47.7 Å². The van der Waals surface area contributed by atoms with Crippen LogP contribution < -0.4 is 0 Å². The van der Waals surface area contributed by atoms with Crippen LogP contribution in [0.2, 0.25) is 0 Å². The van der Waals surface area contributed by atoms with E-state index in [4.69, 9.17) is 42.6 Å². The topological polar surface area (TPSA) is 223 Å². The van der Waals surface area contributed by atoms with E-state index in [-0.39, 0.29) is 71.4 Å². The molecule has 0 aliphatic carbocycles. The smallest absolute Gasteiger partial charge is 0.330 e. The van der Waals surface area contributed by atoms with Crippen LogP contribution in [-0.4, -0.2) is 111 Å². The van der Waals surface area contributed by atoms with Crippen LogP contribution >= 0.6 is 0 Å². The van der Waals surface area contributed by atoms with Gasteiger partial charge in [0.15, 0.2) is 24.6 Å². The molecule has 1 rings (SSSR count). The van der Waals surface area contributed by atoms with E-state index in [1.54, 1.807) is 0 Å². The Morgan fingerprint density at radius 1 is 0.556 bits per heavy atom. The summed E-state index contributed by atoms with van der Waals surface area (Å²) in [6.07, 6.45) is -1.05. The summed E-state index contributed by atoms with van der Waals surface area (Å²) in [5.74, 6) is -4.63. The average molecular weight is 769 g/mol. The monoisotopic (exact) mass is 768 g/mol. The van der Waals surface area contributed by atoms with Gasteiger partial charge in [0.1, 0.15) is 0 Å². The second kappa shape index (κ2) is 28.6. The molecule has 1 fully saturated rings. The highest BCUT2D eigenvalue weighted by Crippen LogP contribution is 2.28. The fourth-order valence-corrected chi connectivity index (χ4v) is 4.57. The highest BCUT2D eigenvalue weighted by molar-refractivity contribution is 5.82.